The maximum Gasteiger partial charge on any atom is 0.225 e. The van der Waals surface area contributed by atoms with E-state index in [9.17, 15) is 4.79 Å². The lowest BCUT2D eigenvalue weighted by atomic mass is 10.3. The van der Waals surface area contributed by atoms with Crippen molar-refractivity contribution in [2.24, 2.45) is 0 Å². The summed E-state index contributed by atoms with van der Waals surface area (Å²) in [5, 5.41) is 0.729. The molecule has 0 saturated heterocycles. The molecular weight excluding hydrogens is 362 g/mol. The number of carbonyl (C=O) groups excluding carboxylic acids is 1. The monoisotopic (exact) mass is 385 g/mol. The third-order valence-corrected chi connectivity index (χ3v) is 5.23. The summed E-state index contributed by atoms with van der Waals surface area (Å²) in [4.78, 5) is 20.8. The number of ether oxygens (including phenoxy) is 2. The molecule has 0 fully saturated rings. The van der Waals surface area contributed by atoms with Crippen LogP contribution in [0.3, 0.4) is 0 Å². The Morgan fingerprint density at radius 2 is 1.80 bits per heavy atom. The number of rotatable bonds is 6. The van der Waals surface area contributed by atoms with Gasteiger partial charge in [0.1, 0.15) is 13.2 Å². The minimum absolute atomic E-state index is 0. The minimum atomic E-state index is 0. The first-order valence-corrected chi connectivity index (χ1v) is 9.14. The topological polar surface area (TPSA) is 54.9 Å². The van der Waals surface area contributed by atoms with Crippen molar-refractivity contribution in [3.05, 3.63) is 12.1 Å². The zero-order valence-electron chi connectivity index (χ0n) is 14.8. The lowest BCUT2D eigenvalue weighted by Crippen LogP contribution is -2.37. The summed E-state index contributed by atoms with van der Waals surface area (Å²) in [6.45, 7) is 10.4. The number of amides is 1. The Morgan fingerprint density at radius 3 is 2.40 bits per heavy atom. The maximum atomic E-state index is 12.1. The van der Waals surface area contributed by atoms with Gasteiger partial charge in [-0.3, -0.25) is 9.69 Å². The van der Waals surface area contributed by atoms with Gasteiger partial charge in [0.05, 0.1) is 10.2 Å². The van der Waals surface area contributed by atoms with Crippen LogP contribution in [0.2, 0.25) is 0 Å². The Kier molecular flexibility index (Phi) is 6.87. The number of hydrogen-bond donors (Lipinski definition) is 0. The van der Waals surface area contributed by atoms with Crippen LogP contribution in [0.4, 0.5) is 5.13 Å². The lowest BCUT2D eigenvalue weighted by molar-refractivity contribution is -0.116. The second-order valence-electron chi connectivity index (χ2n) is 5.66. The first-order valence-electron chi connectivity index (χ1n) is 8.33. The van der Waals surface area contributed by atoms with Crippen LogP contribution >= 0.6 is 23.7 Å². The van der Waals surface area contributed by atoms with E-state index in [2.05, 4.69) is 23.7 Å². The van der Waals surface area contributed by atoms with Gasteiger partial charge in [0.15, 0.2) is 16.6 Å². The van der Waals surface area contributed by atoms with Gasteiger partial charge in [-0.1, -0.05) is 25.2 Å². The molecule has 0 bridgehead atoms. The first-order chi connectivity index (χ1) is 11.6. The van der Waals surface area contributed by atoms with E-state index in [4.69, 9.17) is 9.47 Å². The predicted octanol–water partition coefficient (Wildman–Crippen LogP) is 3.18. The Bertz CT molecular complexity index is 690. The summed E-state index contributed by atoms with van der Waals surface area (Å²) < 4.78 is 12.2. The van der Waals surface area contributed by atoms with Gasteiger partial charge in [-0.05, 0) is 13.1 Å². The highest BCUT2D eigenvalue weighted by Crippen LogP contribution is 2.38. The number of likely N-dealkylation sites (N-methyl/N-ethyl adjacent to an activating group) is 1. The molecule has 0 atom stereocenters. The summed E-state index contributed by atoms with van der Waals surface area (Å²) in [7, 11) is 0. The van der Waals surface area contributed by atoms with Crippen molar-refractivity contribution in [3.63, 3.8) is 0 Å². The van der Waals surface area contributed by atoms with Crippen LogP contribution in [0.5, 0.6) is 11.5 Å². The molecule has 1 aliphatic rings. The second kappa shape index (κ2) is 8.69. The molecule has 0 N–H and O–H groups in total. The highest BCUT2D eigenvalue weighted by atomic mass is 35.5. The molecule has 25 heavy (non-hydrogen) atoms. The van der Waals surface area contributed by atoms with E-state index in [0.717, 1.165) is 46.5 Å². The van der Waals surface area contributed by atoms with E-state index in [1.165, 1.54) is 11.3 Å². The molecule has 0 radical (unpaired) electrons. The van der Waals surface area contributed by atoms with Gasteiger partial charge >= 0.3 is 0 Å². The molecule has 3 rings (SSSR count). The van der Waals surface area contributed by atoms with Crippen molar-refractivity contribution in [3.8, 4) is 11.5 Å². The van der Waals surface area contributed by atoms with E-state index >= 15 is 0 Å². The fourth-order valence-corrected chi connectivity index (χ4v) is 3.78. The van der Waals surface area contributed by atoms with Crippen molar-refractivity contribution >= 4 is 45.0 Å². The molecule has 1 aliphatic heterocycles. The summed E-state index contributed by atoms with van der Waals surface area (Å²) in [6.07, 6.45) is 0. The fourth-order valence-electron chi connectivity index (χ4n) is 2.74. The second-order valence-corrected chi connectivity index (χ2v) is 6.67. The maximum absolute atomic E-state index is 12.1. The minimum Gasteiger partial charge on any atom is -0.486 e. The molecule has 0 spiro atoms. The summed E-state index contributed by atoms with van der Waals surface area (Å²) in [6, 6.07) is 3.85. The van der Waals surface area contributed by atoms with E-state index < -0.39 is 0 Å². The Morgan fingerprint density at radius 1 is 1.16 bits per heavy atom. The number of thiazole rings is 1. The molecule has 6 nitrogen and oxygen atoms in total. The van der Waals surface area contributed by atoms with Gasteiger partial charge in [0.2, 0.25) is 5.91 Å². The van der Waals surface area contributed by atoms with Gasteiger partial charge in [-0.25, -0.2) is 4.98 Å². The molecule has 1 aromatic carbocycles. The van der Waals surface area contributed by atoms with Crippen molar-refractivity contribution in [1.82, 2.24) is 9.88 Å². The molecule has 0 saturated carbocycles. The summed E-state index contributed by atoms with van der Waals surface area (Å²) >= 11 is 1.51. The van der Waals surface area contributed by atoms with Crippen LogP contribution in [-0.4, -0.2) is 55.2 Å². The number of nitrogens with zero attached hydrogens (tertiary/aromatic N) is 3. The Labute approximate surface area is 158 Å². The normalized spacial score (nSPS) is 13.0. The number of fused-ring (bicyclic) bond motifs is 2. The van der Waals surface area contributed by atoms with Crippen molar-refractivity contribution in [1.29, 1.82) is 0 Å². The quantitative estimate of drug-likeness (QED) is 0.764. The predicted molar refractivity (Wildman–Crippen MR) is 104 cm³/mol. The van der Waals surface area contributed by atoms with Crippen LogP contribution < -0.4 is 14.4 Å². The van der Waals surface area contributed by atoms with Gasteiger partial charge in [-0.15, -0.1) is 12.4 Å². The molecule has 1 aromatic heterocycles. The van der Waals surface area contributed by atoms with Crippen LogP contribution in [0.15, 0.2) is 12.1 Å². The highest BCUT2D eigenvalue weighted by Gasteiger charge is 2.20. The van der Waals surface area contributed by atoms with Gasteiger partial charge in [0, 0.05) is 32.1 Å². The molecule has 8 heteroatoms. The summed E-state index contributed by atoms with van der Waals surface area (Å²) in [5.74, 6) is 1.49. The SMILES string of the molecule is CCN(CC)CCN(C(C)=O)c1nc2cc3c(cc2s1)OCCO3.Cl. The number of anilines is 1. The van der Waals surface area contributed by atoms with Gasteiger partial charge in [0.25, 0.3) is 0 Å². The van der Waals surface area contributed by atoms with Crippen molar-refractivity contribution in [2.45, 2.75) is 20.8 Å². The van der Waals surface area contributed by atoms with Gasteiger partial charge in [-0.2, -0.15) is 0 Å². The van der Waals surface area contributed by atoms with Crippen molar-refractivity contribution in [2.75, 3.05) is 44.3 Å². The molecular formula is C17H24ClN3O3S. The smallest absolute Gasteiger partial charge is 0.225 e. The van der Waals surface area contributed by atoms with E-state index in [-0.39, 0.29) is 18.3 Å². The molecule has 1 amide bonds. The molecule has 138 valence electrons. The molecule has 0 aliphatic carbocycles. The number of aromatic nitrogens is 1. The molecule has 2 aromatic rings. The Hall–Kier alpha value is -1.57. The van der Waals surface area contributed by atoms with Gasteiger partial charge < -0.3 is 14.4 Å². The standard InChI is InChI=1S/C17H23N3O3S.ClH/c1-4-19(5-2)6-7-20(12(3)21)17-18-13-10-14-15(11-16(13)24-17)23-9-8-22-14;/h10-11H,4-9H2,1-3H3;1H. The van der Waals surface area contributed by atoms with E-state index in [0.29, 0.717) is 19.8 Å². The summed E-state index contributed by atoms with van der Waals surface area (Å²) in [5.41, 5.74) is 0.841. The number of hydrogen-bond acceptors (Lipinski definition) is 6. The third kappa shape index (κ3) is 4.34. The zero-order valence-corrected chi connectivity index (χ0v) is 16.4. The first kappa shape index (κ1) is 19.8. The highest BCUT2D eigenvalue weighted by molar-refractivity contribution is 7.22. The van der Waals surface area contributed by atoms with Crippen LogP contribution in [0, 0.1) is 0 Å². The third-order valence-electron chi connectivity index (χ3n) is 4.19. The number of benzene rings is 1. The largest absolute Gasteiger partial charge is 0.486 e. The average molecular weight is 386 g/mol. The van der Waals surface area contributed by atoms with Crippen LogP contribution in [0.25, 0.3) is 10.2 Å². The van der Waals surface area contributed by atoms with E-state index in [1.807, 2.05) is 12.1 Å². The zero-order chi connectivity index (χ0) is 17.1. The molecule has 0 unspecified atom stereocenters. The number of halogens is 1. The Balaban J connectivity index is 0.00000225. The lowest BCUT2D eigenvalue weighted by Gasteiger charge is -2.23. The number of carbonyl (C=O) groups is 1. The molecule has 2 heterocycles. The van der Waals surface area contributed by atoms with Crippen LogP contribution in [0.1, 0.15) is 20.8 Å². The van der Waals surface area contributed by atoms with Crippen molar-refractivity contribution < 1.29 is 14.3 Å². The van der Waals surface area contributed by atoms with Crippen LogP contribution in [-0.2, 0) is 4.79 Å². The average Bonchev–Trinajstić information content (AvgIpc) is 2.98. The van der Waals surface area contributed by atoms with E-state index in [1.54, 1.807) is 11.8 Å². The fraction of sp³-hybridized carbons (Fsp3) is 0.529.